The predicted molar refractivity (Wildman–Crippen MR) is 61.7 cm³/mol. The fourth-order valence-electron chi connectivity index (χ4n) is 1.44. The minimum Gasteiger partial charge on any atom is -0.385 e. The van der Waals surface area contributed by atoms with Gasteiger partial charge in [0.1, 0.15) is 6.10 Å². The number of aliphatic hydroxyl groups is 2. The molecule has 3 nitrogen and oxygen atoms in total. The number of aliphatic hydroxyl groups excluding tert-OH is 2. The SMILES string of the molecule is CC(C)(C)c1cccc(C(O)C(O)C#N)c1. The van der Waals surface area contributed by atoms with E-state index in [1.165, 1.54) is 0 Å². The van der Waals surface area contributed by atoms with Crippen LogP contribution in [0.1, 0.15) is 38.0 Å². The second-order valence-electron chi connectivity index (χ2n) is 4.89. The third-order valence-corrected chi connectivity index (χ3v) is 2.53. The summed E-state index contributed by atoms with van der Waals surface area (Å²) in [7, 11) is 0. The van der Waals surface area contributed by atoms with Crippen molar-refractivity contribution in [2.24, 2.45) is 0 Å². The average Bonchev–Trinajstić information content (AvgIpc) is 2.26. The largest absolute Gasteiger partial charge is 0.385 e. The summed E-state index contributed by atoms with van der Waals surface area (Å²) in [5.41, 5.74) is 1.61. The van der Waals surface area contributed by atoms with Gasteiger partial charge in [-0.15, -0.1) is 0 Å². The van der Waals surface area contributed by atoms with E-state index in [1.54, 1.807) is 12.1 Å². The van der Waals surface area contributed by atoms with Crippen molar-refractivity contribution in [3.63, 3.8) is 0 Å². The second-order valence-corrected chi connectivity index (χ2v) is 4.89. The van der Waals surface area contributed by atoms with Crippen LogP contribution in [0.4, 0.5) is 0 Å². The summed E-state index contributed by atoms with van der Waals surface area (Å²) in [6.07, 6.45) is -2.53. The Morgan fingerprint density at radius 2 is 1.88 bits per heavy atom. The first-order valence-electron chi connectivity index (χ1n) is 5.22. The monoisotopic (exact) mass is 219 g/mol. The fraction of sp³-hybridized carbons (Fsp3) is 0.462. The molecule has 0 aliphatic heterocycles. The molecule has 16 heavy (non-hydrogen) atoms. The second kappa shape index (κ2) is 4.65. The molecule has 2 unspecified atom stereocenters. The summed E-state index contributed by atoms with van der Waals surface area (Å²) < 4.78 is 0. The maximum absolute atomic E-state index is 9.71. The first-order valence-corrected chi connectivity index (χ1v) is 5.22. The molecule has 0 aliphatic carbocycles. The average molecular weight is 219 g/mol. The molecule has 1 aromatic rings. The summed E-state index contributed by atoms with van der Waals surface area (Å²) in [5, 5.41) is 27.5. The Morgan fingerprint density at radius 1 is 1.25 bits per heavy atom. The van der Waals surface area contributed by atoms with Crippen molar-refractivity contribution in [1.82, 2.24) is 0 Å². The molecule has 0 fully saturated rings. The van der Waals surface area contributed by atoms with Crippen LogP contribution in [0.3, 0.4) is 0 Å². The molecule has 0 aromatic heterocycles. The minimum atomic E-state index is -1.38. The highest BCUT2D eigenvalue weighted by Crippen LogP contribution is 2.26. The van der Waals surface area contributed by atoms with E-state index in [2.05, 4.69) is 20.8 Å². The van der Waals surface area contributed by atoms with Gasteiger partial charge in [-0.25, -0.2) is 0 Å². The number of nitrogens with zero attached hydrogens (tertiary/aromatic N) is 1. The molecular weight excluding hydrogens is 202 g/mol. The van der Waals surface area contributed by atoms with Crippen molar-refractivity contribution in [1.29, 1.82) is 5.26 Å². The number of rotatable bonds is 2. The van der Waals surface area contributed by atoms with Gasteiger partial charge >= 0.3 is 0 Å². The van der Waals surface area contributed by atoms with Crippen molar-refractivity contribution in [3.8, 4) is 6.07 Å². The highest BCUT2D eigenvalue weighted by Gasteiger charge is 2.20. The Balaban J connectivity index is 3.05. The van der Waals surface area contributed by atoms with E-state index in [1.807, 2.05) is 18.2 Å². The normalized spacial score (nSPS) is 15.2. The molecule has 0 bridgehead atoms. The van der Waals surface area contributed by atoms with Crippen LogP contribution in [-0.2, 0) is 5.41 Å². The van der Waals surface area contributed by atoms with Gasteiger partial charge in [0, 0.05) is 0 Å². The quantitative estimate of drug-likeness (QED) is 0.747. The number of hydrogen-bond donors (Lipinski definition) is 2. The molecule has 1 aromatic carbocycles. The van der Waals surface area contributed by atoms with E-state index in [9.17, 15) is 10.2 Å². The van der Waals surface area contributed by atoms with Gasteiger partial charge in [0.05, 0.1) is 6.07 Å². The summed E-state index contributed by atoms with van der Waals surface area (Å²) in [5.74, 6) is 0. The molecule has 86 valence electrons. The van der Waals surface area contributed by atoms with E-state index >= 15 is 0 Å². The third kappa shape index (κ3) is 2.82. The lowest BCUT2D eigenvalue weighted by molar-refractivity contribution is 0.0527. The summed E-state index contributed by atoms with van der Waals surface area (Å²) in [6, 6.07) is 8.95. The van der Waals surface area contributed by atoms with Gasteiger partial charge in [-0.05, 0) is 16.5 Å². The number of benzene rings is 1. The van der Waals surface area contributed by atoms with Crippen molar-refractivity contribution in [3.05, 3.63) is 35.4 Å². The highest BCUT2D eigenvalue weighted by atomic mass is 16.3. The zero-order chi connectivity index (χ0) is 12.3. The van der Waals surface area contributed by atoms with Gasteiger partial charge in [0.25, 0.3) is 0 Å². The fourth-order valence-corrected chi connectivity index (χ4v) is 1.44. The van der Waals surface area contributed by atoms with Gasteiger partial charge in [-0.3, -0.25) is 0 Å². The van der Waals surface area contributed by atoms with E-state index in [0.717, 1.165) is 5.56 Å². The van der Waals surface area contributed by atoms with E-state index in [-0.39, 0.29) is 5.41 Å². The maximum Gasteiger partial charge on any atom is 0.170 e. The molecular formula is C13H17NO2. The molecule has 2 N–H and O–H groups in total. The van der Waals surface area contributed by atoms with Gasteiger partial charge in [0.15, 0.2) is 6.10 Å². The molecule has 0 amide bonds. The molecule has 2 atom stereocenters. The van der Waals surface area contributed by atoms with Crippen LogP contribution in [0.2, 0.25) is 0 Å². The summed E-state index contributed by atoms with van der Waals surface area (Å²) in [4.78, 5) is 0. The zero-order valence-corrected chi connectivity index (χ0v) is 9.81. The van der Waals surface area contributed by atoms with Crippen LogP contribution in [0.15, 0.2) is 24.3 Å². The minimum absolute atomic E-state index is 0.0205. The lowest BCUT2D eigenvalue weighted by atomic mass is 9.85. The van der Waals surface area contributed by atoms with Crippen LogP contribution in [0.5, 0.6) is 0 Å². The lowest BCUT2D eigenvalue weighted by Gasteiger charge is -2.21. The smallest absolute Gasteiger partial charge is 0.170 e. The van der Waals surface area contributed by atoms with Crippen LogP contribution in [-0.4, -0.2) is 16.3 Å². The molecule has 0 aliphatic rings. The van der Waals surface area contributed by atoms with Crippen LogP contribution in [0, 0.1) is 11.3 Å². The van der Waals surface area contributed by atoms with Crippen molar-refractivity contribution >= 4 is 0 Å². The first-order chi connectivity index (χ1) is 7.36. The van der Waals surface area contributed by atoms with Crippen molar-refractivity contribution in [2.75, 3.05) is 0 Å². The topological polar surface area (TPSA) is 64.2 Å². The van der Waals surface area contributed by atoms with E-state index in [0.29, 0.717) is 5.56 Å². The summed E-state index contributed by atoms with van der Waals surface area (Å²) >= 11 is 0. The molecule has 0 spiro atoms. The van der Waals surface area contributed by atoms with Crippen molar-refractivity contribution in [2.45, 2.75) is 38.4 Å². The Kier molecular flexibility index (Phi) is 3.69. The van der Waals surface area contributed by atoms with Gasteiger partial charge in [-0.2, -0.15) is 5.26 Å². The Labute approximate surface area is 96.0 Å². The molecule has 0 heterocycles. The molecule has 0 radical (unpaired) electrons. The molecule has 1 rings (SSSR count). The van der Waals surface area contributed by atoms with Gasteiger partial charge in [-0.1, -0.05) is 45.0 Å². The van der Waals surface area contributed by atoms with Crippen LogP contribution >= 0.6 is 0 Å². The Hall–Kier alpha value is -1.37. The van der Waals surface area contributed by atoms with Gasteiger partial charge < -0.3 is 10.2 Å². The summed E-state index contributed by atoms with van der Waals surface area (Å²) in [6.45, 7) is 6.21. The maximum atomic E-state index is 9.71. The third-order valence-electron chi connectivity index (χ3n) is 2.53. The van der Waals surface area contributed by atoms with Crippen LogP contribution < -0.4 is 0 Å². The Bertz CT molecular complexity index is 401. The number of nitriles is 1. The van der Waals surface area contributed by atoms with Crippen molar-refractivity contribution < 1.29 is 10.2 Å². The Morgan fingerprint density at radius 3 is 2.38 bits per heavy atom. The van der Waals surface area contributed by atoms with Crippen LogP contribution in [0.25, 0.3) is 0 Å². The van der Waals surface area contributed by atoms with E-state index in [4.69, 9.17) is 5.26 Å². The lowest BCUT2D eigenvalue weighted by Crippen LogP contribution is -2.17. The standard InChI is InChI=1S/C13H17NO2/c1-13(2,3)10-6-4-5-9(7-10)12(16)11(15)8-14/h4-7,11-12,15-16H,1-3H3. The predicted octanol–water partition coefficient (Wildman–Crippen LogP) is 1.90. The molecule has 3 heteroatoms. The molecule has 0 saturated heterocycles. The van der Waals surface area contributed by atoms with Gasteiger partial charge in [0.2, 0.25) is 0 Å². The van der Waals surface area contributed by atoms with E-state index < -0.39 is 12.2 Å². The zero-order valence-electron chi connectivity index (χ0n) is 9.81. The highest BCUT2D eigenvalue weighted by molar-refractivity contribution is 5.30. The first kappa shape index (κ1) is 12.7. The number of hydrogen-bond acceptors (Lipinski definition) is 3. The molecule has 0 saturated carbocycles.